The molecule has 7 heteroatoms. The molecule has 0 saturated heterocycles. The van der Waals surface area contributed by atoms with E-state index in [1.54, 1.807) is 12.1 Å². The SMILES string of the molecule is Cc1c(CNc2ccc(Br)c([N+](=O)[O-])c2)cc(C#N)n1C. The maximum Gasteiger partial charge on any atom is 0.285 e. The van der Waals surface area contributed by atoms with Crippen molar-refractivity contribution in [1.29, 1.82) is 5.26 Å². The van der Waals surface area contributed by atoms with Gasteiger partial charge < -0.3 is 9.88 Å². The Morgan fingerprint density at radius 2 is 2.19 bits per heavy atom. The van der Waals surface area contributed by atoms with Gasteiger partial charge in [-0.15, -0.1) is 0 Å². The lowest BCUT2D eigenvalue weighted by Crippen LogP contribution is -2.02. The lowest BCUT2D eigenvalue weighted by Gasteiger charge is -2.07. The highest BCUT2D eigenvalue weighted by atomic mass is 79.9. The zero-order valence-corrected chi connectivity index (χ0v) is 13.1. The van der Waals surface area contributed by atoms with Crippen LogP contribution in [0.25, 0.3) is 0 Å². The van der Waals surface area contributed by atoms with Crippen molar-refractivity contribution in [3.05, 3.63) is 55.8 Å². The molecule has 2 aromatic rings. The quantitative estimate of drug-likeness (QED) is 0.676. The minimum Gasteiger partial charge on any atom is -0.381 e. The minimum absolute atomic E-state index is 0.0162. The number of nitro benzene ring substituents is 1. The molecule has 6 nitrogen and oxygen atoms in total. The summed E-state index contributed by atoms with van der Waals surface area (Å²) < 4.78 is 2.27. The Morgan fingerprint density at radius 3 is 2.76 bits per heavy atom. The summed E-state index contributed by atoms with van der Waals surface area (Å²) in [6, 6.07) is 8.82. The van der Waals surface area contributed by atoms with Crippen molar-refractivity contribution >= 4 is 27.3 Å². The van der Waals surface area contributed by atoms with Crippen LogP contribution in [0, 0.1) is 28.4 Å². The highest BCUT2D eigenvalue weighted by Gasteiger charge is 2.13. The maximum absolute atomic E-state index is 10.9. The largest absolute Gasteiger partial charge is 0.381 e. The first-order valence-electron chi connectivity index (χ1n) is 6.17. The summed E-state index contributed by atoms with van der Waals surface area (Å²) in [6.45, 7) is 2.43. The Bertz CT molecular complexity index is 746. The highest BCUT2D eigenvalue weighted by Crippen LogP contribution is 2.28. The number of benzene rings is 1. The number of halogens is 1. The van der Waals surface area contributed by atoms with Gasteiger partial charge in [0.05, 0.1) is 9.40 Å². The average molecular weight is 349 g/mol. The molecule has 0 radical (unpaired) electrons. The first kappa shape index (κ1) is 15.1. The van der Waals surface area contributed by atoms with Crippen LogP contribution in [0.15, 0.2) is 28.7 Å². The number of nitrogens with zero attached hydrogens (tertiary/aromatic N) is 3. The highest BCUT2D eigenvalue weighted by molar-refractivity contribution is 9.10. The summed E-state index contributed by atoms with van der Waals surface area (Å²) in [5.74, 6) is 0. The van der Waals surface area contributed by atoms with E-state index < -0.39 is 4.92 Å². The zero-order chi connectivity index (χ0) is 15.6. The van der Waals surface area contributed by atoms with Gasteiger partial charge >= 0.3 is 0 Å². The molecule has 0 atom stereocenters. The monoisotopic (exact) mass is 348 g/mol. The van der Waals surface area contributed by atoms with E-state index in [0.717, 1.165) is 11.3 Å². The molecule has 0 fully saturated rings. The number of hydrogen-bond acceptors (Lipinski definition) is 4. The van der Waals surface area contributed by atoms with E-state index in [2.05, 4.69) is 27.3 Å². The molecule has 1 N–H and O–H groups in total. The Labute approximate surface area is 130 Å². The lowest BCUT2D eigenvalue weighted by atomic mass is 10.2. The summed E-state index contributed by atoms with van der Waals surface area (Å²) in [4.78, 5) is 10.5. The number of nitro groups is 1. The van der Waals surface area contributed by atoms with Gasteiger partial charge in [-0.25, -0.2) is 0 Å². The van der Waals surface area contributed by atoms with E-state index in [1.807, 2.05) is 24.6 Å². The van der Waals surface area contributed by atoms with Crippen molar-refractivity contribution in [2.24, 2.45) is 7.05 Å². The summed E-state index contributed by atoms with van der Waals surface area (Å²) in [5.41, 5.74) is 3.24. The van der Waals surface area contributed by atoms with Crippen molar-refractivity contribution in [3.8, 4) is 6.07 Å². The topological polar surface area (TPSA) is 83.9 Å². The summed E-state index contributed by atoms with van der Waals surface area (Å²) in [5, 5.41) is 23.0. The molecule has 0 aliphatic carbocycles. The van der Waals surface area contributed by atoms with Crippen LogP contribution in [0.2, 0.25) is 0 Å². The van der Waals surface area contributed by atoms with Gasteiger partial charge in [0.2, 0.25) is 0 Å². The van der Waals surface area contributed by atoms with Crippen molar-refractivity contribution in [1.82, 2.24) is 4.57 Å². The van der Waals surface area contributed by atoms with Crippen molar-refractivity contribution in [2.75, 3.05) is 5.32 Å². The third-order valence-electron chi connectivity index (χ3n) is 3.38. The molecule has 1 aromatic heterocycles. The third-order valence-corrected chi connectivity index (χ3v) is 4.05. The van der Waals surface area contributed by atoms with Gasteiger partial charge in [0.1, 0.15) is 11.8 Å². The van der Waals surface area contributed by atoms with Crippen LogP contribution in [0.3, 0.4) is 0 Å². The summed E-state index contributed by atoms with van der Waals surface area (Å²) in [7, 11) is 1.84. The average Bonchev–Trinajstić information content (AvgIpc) is 2.73. The van der Waals surface area contributed by atoms with Crippen LogP contribution in [-0.2, 0) is 13.6 Å². The van der Waals surface area contributed by atoms with Crippen molar-refractivity contribution < 1.29 is 4.92 Å². The molecule has 0 bridgehead atoms. The Hall–Kier alpha value is -2.33. The second-order valence-electron chi connectivity index (χ2n) is 4.59. The molecular weight excluding hydrogens is 336 g/mol. The van der Waals surface area contributed by atoms with Crippen molar-refractivity contribution in [2.45, 2.75) is 13.5 Å². The number of aromatic nitrogens is 1. The van der Waals surface area contributed by atoms with Crippen LogP contribution < -0.4 is 5.32 Å². The molecule has 0 saturated carbocycles. The molecule has 0 aliphatic heterocycles. The number of nitriles is 1. The fraction of sp³-hybridized carbons (Fsp3) is 0.214. The van der Waals surface area contributed by atoms with Gasteiger partial charge in [-0.3, -0.25) is 10.1 Å². The van der Waals surface area contributed by atoms with E-state index in [1.165, 1.54) is 6.07 Å². The molecule has 2 rings (SSSR count). The standard InChI is InChI=1S/C14H13BrN4O2/c1-9-10(5-12(7-16)18(9)2)8-17-11-3-4-13(15)14(6-11)19(20)21/h3-6,17H,8H2,1-2H3. The Balaban J connectivity index is 2.19. The Morgan fingerprint density at radius 1 is 1.48 bits per heavy atom. The fourth-order valence-electron chi connectivity index (χ4n) is 2.01. The van der Waals surface area contributed by atoms with Gasteiger partial charge in [-0.1, -0.05) is 0 Å². The number of nitrogens with one attached hydrogen (secondary N) is 1. The van der Waals surface area contributed by atoms with E-state index in [-0.39, 0.29) is 5.69 Å². The molecule has 0 aliphatic rings. The van der Waals surface area contributed by atoms with E-state index in [4.69, 9.17) is 5.26 Å². The molecule has 0 spiro atoms. The van der Waals surface area contributed by atoms with Crippen LogP contribution in [-0.4, -0.2) is 9.49 Å². The normalized spacial score (nSPS) is 10.2. The molecule has 1 heterocycles. The number of rotatable bonds is 4. The van der Waals surface area contributed by atoms with Crippen LogP contribution >= 0.6 is 15.9 Å². The lowest BCUT2D eigenvalue weighted by molar-refractivity contribution is -0.385. The molecule has 0 unspecified atom stereocenters. The predicted octanol–water partition coefficient (Wildman–Crippen LogP) is 3.49. The van der Waals surface area contributed by atoms with Crippen molar-refractivity contribution in [3.63, 3.8) is 0 Å². The first-order valence-corrected chi connectivity index (χ1v) is 6.96. The van der Waals surface area contributed by atoms with Gasteiger partial charge in [0.25, 0.3) is 5.69 Å². The number of anilines is 1. The predicted molar refractivity (Wildman–Crippen MR) is 83.0 cm³/mol. The molecular formula is C14H13BrN4O2. The number of hydrogen-bond donors (Lipinski definition) is 1. The van der Waals surface area contributed by atoms with Gasteiger partial charge in [-0.05, 0) is 46.6 Å². The van der Waals surface area contributed by atoms with Gasteiger partial charge in [-0.2, -0.15) is 5.26 Å². The molecule has 108 valence electrons. The third kappa shape index (κ3) is 3.06. The minimum atomic E-state index is -0.434. The zero-order valence-electron chi connectivity index (χ0n) is 11.6. The maximum atomic E-state index is 10.9. The van der Waals surface area contributed by atoms with Crippen LogP contribution in [0.1, 0.15) is 17.0 Å². The molecule has 0 amide bonds. The Kier molecular flexibility index (Phi) is 4.29. The molecule has 21 heavy (non-hydrogen) atoms. The van der Waals surface area contributed by atoms with Gasteiger partial charge in [0.15, 0.2) is 0 Å². The fourth-order valence-corrected chi connectivity index (χ4v) is 2.40. The smallest absolute Gasteiger partial charge is 0.285 e. The van der Waals surface area contributed by atoms with E-state index in [0.29, 0.717) is 22.4 Å². The second-order valence-corrected chi connectivity index (χ2v) is 5.44. The van der Waals surface area contributed by atoms with E-state index >= 15 is 0 Å². The molecule has 1 aromatic carbocycles. The van der Waals surface area contributed by atoms with E-state index in [9.17, 15) is 10.1 Å². The first-order chi connectivity index (χ1) is 9.93. The summed E-state index contributed by atoms with van der Waals surface area (Å²) >= 11 is 3.15. The second kappa shape index (κ2) is 5.97. The van der Waals surface area contributed by atoms with Crippen LogP contribution in [0.5, 0.6) is 0 Å². The summed E-state index contributed by atoms with van der Waals surface area (Å²) in [6.07, 6.45) is 0. The van der Waals surface area contributed by atoms with Gasteiger partial charge in [0, 0.05) is 31.0 Å². The van der Waals surface area contributed by atoms with Crippen LogP contribution in [0.4, 0.5) is 11.4 Å².